The average Bonchev–Trinajstić information content (AvgIpc) is 2.57. The van der Waals surface area contributed by atoms with Crippen LogP contribution in [0.25, 0.3) is 5.52 Å². The molecular weight excluding hydrogens is 256 g/mol. The van der Waals surface area contributed by atoms with Gasteiger partial charge in [-0.25, -0.2) is 9.50 Å². The van der Waals surface area contributed by atoms with Crippen LogP contribution >= 0.6 is 15.9 Å². The second kappa shape index (κ2) is 4.18. The normalized spacial score (nSPS) is 10.9. The quantitative estimate of drug-likeness (QED) is 0.797. The SMILES string of the molecule is Cc1cc2c(N(C)CCBr)nccn2n1. The van der Waals surface area contributed by atoms with Gasteiger partial charge in [-0.15, -0.1) is 0 Å². The van der Waals surface area contributed by atoms with Crippen molar-refractivity contribution in [1.29, 1.82) is 0 Å². The molecule has 0 saturated heterocycles. The molecule has 15 heavy (non-hydrogen) atoms. The van der Waals surface area contributed by atoms with Gasteiger partial charge in [0.2, 0.25) is 0 Å². The largest absolute Gasteiger partial charge is 0.357 e. The van der Waals surface area contributed by atoms with Crippen molar-refractivity contribution in [3.05, 3.63) is 24.2 Å². The van der Waals surface area contributed by atoms with Crippen molar-refractivity contribution in [3.63, 3.8) is 0 Å². The predicted octanol–water partition coefficient (Wildman–Crippen LogP) is 1.87. The Morgan fingerprint density at radius 2 is 2.33 bits per heavy atom. The lowest BCUT2D eigenvalue weighted by Crippen LogP contribution is -2.21. The monoisotopic (exact) mass is 268 g/mol. The minimum Gasteiger partial charge on any atom is -0.357 e. The molecule has 0 unspecified atom stereocenters. The molecule has 0 aliphatic carbocycles. The van der Waals surface area contributed by atoms with Gasteiger partial charge in [0.25, 0.3) is 0 Å². The van der Waals surface area contributed by atoms with Gasteiger partial charge in [0.1, 0.15) is 5.52 Å². The molecule has 2 aromatic heterocycles. The molecule has 0 bridgehead atoms. The van der Waals surface area contributed by atoms with E-state index in [1.54, 1.807) is 6.20 Å². The second-order valence-corrected chi connectivity index (χ2v) is 4.27. The first-order valence-corrected chi connectivity index (χ1v) is 5.92. The van der Waals surface area contributed by atoms with Crippen LogP contribution in [0.15, 0.2) is 18.5 Å². The number of halogens is 1. The molecule has 0 atom stereocenters. The number of alkyl halides is 1. The molecule has 2 heterocycles. The molecule has 0 aromatic carbocycles. The Kier molecular flexibility index (Phi) is 2.90. The third-order valence-electron chi connectivity index (χ3n) is 2.27. The smallest absolute Gasteiger partial charge is 0.154 e. The van der Waals surface area contributed by atoms with Crippen molar-refractivity contribution in [2.24, 2.45) is 0 Å². The summed E-state index contributed by atoms with van der Waals surface area (Å²) in [5, 5.41) is 5.28. The highest BCUT2D eigenvalue weighted by atomic mass is 79.9. The van der Waals surface area contributed by atoms with Gasteiger partial charge in [-0.2, -0.15) is 5.10 Å². The van der Waals surface area contributed by atoms with Crippen LogP contribution in [0.1, 0.15) is 5.69 Å². The number of aryl methyl sites for hydroxylation is 1. The fourth-order valence-electron chi connectivity index (χ4n) is 1.56. The molecule has 4 nitrogen and oxygen atoms in total. The van der Waals surface area contributed by atoms with Crippen LogP contribution in [0, 0.1) is 6.92 Å². The Morgan fingerprint density at radius 3 is 3.07 bits per heavy atom. The van der Waals surface area contributed by atoms with Crippen molar-refractivity contribution >= 4 is 27.3 Å². The minimum atomic E-state index is 0.927. The van der Waals surface area contributed by atoms with Crippen LogP contribution in [-0.2, 0) is 0 Å². The highest BCUT2D eigenvalue weighted by Crippen LogP contribution is 2.17. The van der Waals surface area contributed by atoms with E-state index in [-0.39, 0.29) is 0 Å². The number of aromatic nitrogens is 3. The first kappa shape index (κ1) is 10.4. The van der Waals surface area contributed by atoms with Gasteiger partial charge < -0.3 is 4.90 Å². The van der Waals surface area contributed by atoms with E-state index in [0.29, 0.717) is 0 Å². The van der Waals surface area contributed by atoms with E-state index in [9.17, 15) is 0 Å². The van der Waals surface area contributed by atoms with E-state index in [0.717, 1.165) is 28.9 Å². The molecule has 80 valence electrons. The lowest BCUT2D eigenvalue weighted by Gasteiger charge is -2.16. The third-order valence-corrected chi connectivity index (χ3v) is 2.63. The van der Waals surface area contributed by atoms with Gasteiger partial charge in [0, 0.05) is 31.3 Å². The van der Waals surface area contributed by atoms with Gasteiger partial charge in [-0.1, -0.05) is 15.9 Å². The van der Waals surface area contributed by atoms with Crippen LogP contribution < -0.4 is 4.90 Å². The van der Waals surface area contributed by atoms with E-state index in [2.05, 4.69) is 30.9 Å². The summed E-state index contributed by atoms with van der Waals surface area (Å²) in [6.45, 7) is 2.91. The molecule has 0 aliphatic rings. The summed E-state index contributed by atoms with van der Waals surface area (Å²) in [5.41, 5.74) is 2.06. The maximum atomic E-state index is 4.38. The number of rotatable bonds is 3. The van der Waals surface area contributed by atoms with Crippen molar-refractivity contribution in [1.82, 2.24) is 14.6 Å². The first-order chi connectivity index (χ1) is 7.22. The van der Waals surface area contributed by atoms with Crippen LogP contribution in [-0.4, -0.2) is 33.5 Å². The van der Waals surface area contributed by atoms with Gasteiger partial charge in [-0.05, 0) is 13.0 Å². The Balaban J connectivity index is 2.50. The van der Waals surface area contributed by atoms with Gasteiger partial charge in [0.05, 0.1) is 5.69 Å². The molecule has 0 amide bonds. The number of hydrogen-bond acceptors (Lipinski definition) is 3. The molecule has 0 N–H and O–H groups in total. The highest BCUT2D eigenvalue weighted by Gasteiger charge is 2.08. The van der Waals surface area contributed by atoms with Crippen molar-refractivity contribution in [2.45, 2.75) is 6.92 Å². The van der Waals surface area contributed by atoms with E-state index < -0.39 is 0 Å². The summed E-state index contributed by atoms with van der Waals surface area (Å²) in [4.78, 5) is 6.50. The zero-order chi connectivity index (χ0) is 10.8. The number of hydrogen-bond donors (Lipinski definition) is 0. The lowest BCUT2D eigenvalue weighted by atomic mass is 10.4. The molecule has 2 aromatic rings. The molecule has 0 saturated carbocycles. The van der Waals surface area contributed by atoms with E-state index >= 15 is 0 Å². The maximum absolute atomic E-state index is 4.38. The van der Waals surface area contributed by atoms with Crippen LogP contribution in [0.4, 0.5) is 5.82 Å². The molecule has 0 spiro atoms. The fourth-order valence-corrected chi connectivity index (χ4v) is 2.09. The fraction of sp³-hybridized carbons (Fsp3) is 0.400. The summed E-state index contributed by atoms with van der Waals surface area (Å²) in [7, 11) is 2.03. The maximum Gasteiger partial charge on any atom is 0.154 e. The summed E-state index contributed by atoms with van der Waals surface area (Å²) < 4.78 is 1.86. The van der Waals surface area contributed by atoms with Crippen molar-refractivity contribution in [3.8, 4) is 0 Å². The average molecular weight is 269 g/mol. The number of fused-ring (bicyclic) bond motifs is 1. The number of anilines is 1. The summed E-state index contributed by atoms with van der Waals surface area (Å²) in [6.07, 6.45) is 3.65. The van der Waals surface area contributed by atoms with E-state index in [1.807, 2.05) is 30.8 Å². The van der Waals surface area contributed by atoms with E-state index in [1.165, 1.54) is 0 Å². The van der Waals surface area contributed by atoms with Crippen LogP contribution in [0.5, 0.6) is 0 Å². The summed E-state index contributed by atoms with van der Waals surface area (Å²) >= 11 is 3.42. The summed E-state index contributed by atoms with van der Waals surface area (Å²) in [6, 6.07) is 2.05. The Bertz CT molecular complexity index is 465. The number of nitrogens with zero attached hydrogens (tertiary/aromatic N) is 4. The zero-order valence-corrected chi connectivity index (χ0v) is 10.4. The van der Waals surface area contributed by atoms with Crippen LogP contribution in [0.3, 0.4) is 0 Å². The zero-order valence-electron chi connectivity index (χ0n) is 8.81. The molecule has 0 radical (unpaired) electrons. The van der Waals surface area contributed by atoms with Crippen LogP contribution in [0.2, 0.25) is 0 Å². The minimum absolute atomic E-state index is 0.927. The highest BCUT2D eigenvalue weighted by molar-refractivity contribution is 9.09. The lowest BCUT2D eigenvalue weighted by molar-refractivity contribution is 0.895. The molecule has 5 heteroatoms. The Labute approximate surface area is 97.0 Å². The molecular formula is C10H13BrN4. The van der Waals surface area contributed by atoms with E-state index in [4.69, 9.17) is 0 Å². The summed E-state index contributed by atoms with van der Waals surface area (Å²) in [5.74, 6) is 0.970. The van der Waals surface area contributed by atoms with Crippen molar-refractivity contribution in [2.75, 3.05) is 23.8 Å². The first-order valence-electron chi connectivity index (χ1n) is 4.80. The Morgan fingerprint density at radius 1 is 1.53 bits per heavy atom. The van der Waals surface area contributed by atoms with Gasteiger partial charge in [0.15, 0.2) is 5.82 Å². The third kappa shape index (κ3) is 1.97. The van der Waals surface area contributed by atoms with Gasteiger partial charge in [-0.3, -0.25) is 0 Å². The Hall–Kier alpha value is -1.10. The van der Waals surface area contributed by atoms with Gasteiger partial charge >= 0.3 is 0 Å². The van der Waals surface area contributed by atoms with Crippen molar-refractivity contribution < 1.29 is 0 Å². The standard InChI is InChI=1S/C10H13BrN4/c1-8-7-9-10(14(2)5-3-11)12-4-6-15(9)13-8/h4,6-7H,3,5H2,1-2H3. The predicted molar refractivity (Wildman–Crippen MR) is 64.8 cm³/mol. The topological polar surface area (TPSA) is 33.4 Å². The molecule has 2 rings (SSSR count). The second-order valence-electron chi connectivity index (χ2n) is 3.48. The molecule has 0 fully saturated rings. The molecule has 0 aliphatic heterocycles.